The van der Waals surface area contributed by atoms with Crippen molar-refractivity contribution in [1.29, 1.82) is 0 Å². The van der Waals surface area contributed by atoms with Crippen molar-refractivity contribution in [3.63, 3.8) is 0 Å². The van der Waals surface area contributed by atoms with Crippen molar-refractivity contribution >= 4 is 88.6 Å². The van der Waals surface area contributed by atoms with Crippen LogP contribution in [0.1, 0.15) is 129 Å². The van der Waals surface area contributed by atoms with Crippen molar-refractivity contribution in [3.8, 4) is 0 Å². The zero-order valence-corrected chi connectivity index (χ0v) is 47.4. The summed E-state index contributed by atoms with van der Waals surface area (Å²) in [6.07, 6.45) is 17.7. The summed E-state index contributed by atoms with van der Waals surface area (Å²) in [5.74, 6) is 1.02. The first kappa shape index (κ1) is 59.6. The van der Waals surface area contributed by atoms with Gasteiger partial charge in [-0.2, -0.15) is 9.13 Å². The first-order chi connectivity index (χ1) is 35.0. The van der Waals surface area contributed by atoms with Crippen LogP contribution in [0.5, 0.6) is 0 Å². The molecule has 6 aromatic rings. The molecule has 16 nitrogen and oxygen atoms in total. The molecular weight excluding hydrogens is 1030 g/mol. The van der Waals surface area contributed by atoms with Crippen LogP contribution in [0.15, 0.2) is 73.3 Å². The lowest BCUT2D eigenvalue weighted by molar-refractivity contribution is -0.733. The lowest BCUT2D eigenvalue weighted by Gasteiger charge is -2.31. The number of halogens is 3. The number of Topliss-reactive ketones (excluding diaryl/α,β-unsaturated/α-hetero) is 2. The number of benzene rings is 2. The molecule has 0 aliphatic heterocycles. The number of esters is 2. The van der Waals surface area contributed by atoms with Gasteiger partial charge in [-0.05, 0) is 84.3 Å². The fourth-order valence-electron chi connectivity index (χ4n) is 11.9. The lowest BCUT2D eigenvalue weighted by atomic mass is 9.84. The van der Waals surface area contributed by atoms with E-state index in [1.165, 1.54) is 0 Å². The summed E-state index contributed by atoms with van der Waals surface area (Å²) in [5.41, 5.74) is 11.8. The van der Waals surface area contributed by atoms with Crippen molar-refractivity contribution < 1.29 is 47.3 Å². The van der Waals surface area contributed by atoms with Crippen molar-refractivity contribution in [2.45, 2.75) is 156 Å². The molecule has 10 rings (SSSR count). The predicted molar refractivity (Wildman–Crippen MR) is 296 cm³/mol. The molecule has 0 radical (unpaired) electrons. The molecule has 4 aliphatic carbocycles. The number of hydrogen-bond donors (Lipinski definition) is 2. The van der Waals surface area contributed by atoms with Gasteiger partial charge in [-0.25, -0.2) is 13.9 Å². The van der Waals surface area contributed by atoms with Crippen molar-refractivity contribution in [2.24, 2.45) is 43.5 Å². The third kappa shape index (κ3) is 12.5. The number of carbonyl (C=O) groups excluding carboxylic acids is 5. The number of nitrogens with zero attached hydrogens (tertiary/aromatic N) is 6. The van der Waals surface area contributed by atoms with Crippen LogP contribution >= 0.6 is 37.2 Å². The maximum Gasteiger partial charge on any atom is 0.407 e. The van der Waals surface area contributed by atoms with E-state index in [1.54, 1.807) is 0 Å². The number of fused-ring (bicyclic) bond motifs is 6. The minimum absolute atomic E-state index is 0. The molecule has 4 aliphatic rings. The molecule has 3 N–H and O–H groups in total. The standard InChI is InChI=1S/C31H40N4O5.C26H33N4O3.3ClH/c1-20-34(18-21-14-15-26-27(28(21)36)23-11-7-9-13-25(23)33(26)5)16-17-35(20)19-39-29(37)22-10-6-8-12-24(22)32-30(38)40-31(2,3)4;1-17-29(13-14-30(17)16-33-26(32)19-7-3-5-9-21(19)27)15-18-11-12-23-24(25(18)31)20-8-4-6-10-22(20)28(23)2;;;/h7,9,11,13,16-17,21-22,24H,6,8,10,12,14-15,18-19H2,1-5H3;4,6,8,10,13-14,18-19,21H,3,5,7,9,11-12,15-16,27H2,1-2H3;3*1H/q;+1;;;/p+1/t21?,22-,24-;18?,19-,21-;;;/m11.../s1. The Morgan fingerprint density at radius 1 is 0.645 bits per heavy atom. The Labute approximate surface area is 464 Å². The van der Waals surface area contributed by atoms with Gasteiger partial charge in [-0.3, -0.25) is 19.2 Å². The summed E-state index contributed by atoms with van der Waals surface area (Å²) in [6.45, 7) is 10.9. The van der Waals surface area contributed by atoms with Gasteiger partial charge in [-0.15, -0.1) is 37.2 Å². The molecule has 0 saturated heterocycles. The number of amides is 1. The summed E-state index contributed by atoms with van der Waals surface area (Å²) in [6, 6.07) is 15.9. The normalized spacial score (nSPS) is 21.2. The van der Waals surface area contributed by atoms with Crippen LogP contribution in [0, 0.1) is 37.5 Å². The molecule has 2 aromatic carbocycles. The molecule has 19 heteroatoms. The minimum Gasteiger partial charge on any atom is -0.444 e. The van der Waals surface area contributed by atoms with Gasteiger partial charge in [0, 0.05) is 84.3 Å². The molecule has 1 amide bonds. The SMILES string of the molecule is Cc1n(CC2CCc3c(c4ccccc4n3C)C2=O)cc[n+]1COC(=O)[C@@H]1CCCC[C@H]1N.Cc1n(CC2CCc3c(c4ccccc4n3C)C2=O)cc[n+]1COC(=O)[C@@H]1CCCC[C@H]1NC(=O)OC(C)(C)C.Cl.Cl.Cl. The van der Waals surface area contributed by atoms with Crippen molar-refractivity contribution in [2.75, 3.05) is 0 Å². The van der Waals surface area contributed by atoms with E-state index in [9.17, 15) is 24.0 Å². The third-order valence-electron chi connectivity index (χ3n) is 16.1. The van der Waals surface area contributed by atoms with E-state index >= 15 is 0 Å². The van der Waals surface area contributed by atoms with Crippen molar-refractivity contribution in [3.05, 3.63) is 107 Å². The zero-order chi connectivity index (χ0) is 51.7. The average molecular weight is 1110 g/mol. The molecule has 0 bridgehead atoms. The molecule has 2 saturated carbocycles. The predicted octanol–water partition coefficient (Wildman–Crippen LogP) is 8.91. The number of alkyl carbamates (subject to hydrolysis) is 1. The molecular formula is C57H77Cl3N8O8+2. The Balaban J connectivity index is 0.000000241. The van der Waals surface area contributed by atoms with Crippen LogP contribution in [0.2, 0.25) is 0 Å². The van der Waals surface area contributed by atoms with E-state index in [4.69, 9.17) is 19.9 Å². The molecule has 4 heterocycles. The number of ketones is 2. The summed E-state index contributed by atoms with van der Waals surface area (Å²) in [4.78, 5) is 65.0. The maximum absolute atomic E-state index is 13.6. The fourth-order valence-corrected chi connectivity index (χ4v) is 11.9. The molecule has 2 fully saturated rings. The van der Waals surface area contributed by atoms with Crippen molar-refractivity contribution in [1.82, 2.24) is 23.6 Å². The highest BCUT2D eigenvalue weighted by atomic mass is 35.5. The maximum atomic E-state index is 13.6. The Bertz CT molecular complexity index is 3060. The van der Waals surface area contributed by atoms with Gasteiger partial charge >= 0.3 is 18.0 Å². The summed E-state index contributed by atoms with van der Waals surface area (Å²) < 4.78 is 29.0. The summed E-state index contributed by atoms with van der Waals surface area (Å²) >= 11 is 0. The Morgan fingerprint density at radius 3 is 1.55 bits per heavy atom. The van der Waals surface area contributed by atoms with Gasteiger partial charge in [-0.1, -0.05) is 62.1 Å². The fraction of sp³-hybridized carbons (Fsp3) is 0.526. The van der Waals surface area contributed by atoms with Gasteiger partial charge in [0.25, 0.3) is 11.6 Å². The van der Waals surface area contributed by atoms with E-state index in [2.05, 4.69) is 48.8 Å². The first-order valence-corrected chi connectivity index (χ1v) is 26.4. The highest BCUT2D eigenvalue weighted by molar-refractivity contribution is 6.12. The summed E-state index contributed by atoms with van der Waals surface area (Å²) in [5, 5.41) is 4.97. The Kier molecular flexibility index (Phi) is 19.7. The van der Waals surface area contributed by atoms with Crippen LogP contribution in [-0.4, -0.2) is 65.6 Å². The van der Waals surface area contributed by atoms with E-state index in [-0.39, 0.29) is 104 Å². The number of hydrogen-bond acceptors (Lipinski definition) is 9. The number of imidazole rings is 2. The van der Waals surface area contributed by atoms with Crippen LogP contribution in [0.25, 0.3) is 21.8 Å². The highest BCUT2D eigenvalue weighted by Gasteiger charge is 2.38. The number of aromatic nitrogens is 6. The first-order valence-electron chi connectivity index (χ1n) is 26.4. The highest BCUT2D eigenvalue weighted by Crippen LogP contribution is 2.36. The van der Waals surface area contributed by atoms with Gasteiger partial charge in [0.05, 0.1) is 23.7 Å². The van der Waals surface area contributed by atoms with Crippen LogP contribution in [0.4, 0.5) is 4.79 Å². The minimum atomic E-state index is -0.602. The van der Waals surface area contributed by atoms with E-state index < -0.39 is 17.6 Å². The molecule has 0 spiro atoms. The number of nitrogens with two attached hydrogens (primary N) is 1. The monoisotopic (exact) mass is 1110 g/mol. The van der Waals surface area contributed by atoms with Crippen LogP contribution in [-0.2, 0) is 77.3 Å². The second kappa shape index (κ2) is 25.2. The van der Waals surface area contributed by atoms with E-state index in [1.807, 2.05) is 106 Å². The van der Waals surface area contributed by atoms with Gasteiger partial charge in [0.1, 0.15) is 43.5 Å². The largest absolute Gasteiger partial charge is 0.444 e. The lowest BCUT2D eigenvalue weighted by Crippen LogP contribution is -2.48. The topological polar surface area (TPSA) is 179 Å². The van der Waals surface area contributed by atoms with Gasteiger partial charge in [0.15, 0.2) is 11.6 Å². The Morgan fingerprint density at radius 2 is 1.08 bits per heavy atom. The molecule has 2 unspecified atom stereocenters. The number of rotatable bonds is 11. The summed E-state index contributed by atoms with van der Waals surface area (Å²) in [7, 11) is 4.09. The van der Waals surface area contributed by atoms with E-state index in [0.717, 1.165) is 127 Å². The molecule has 4 aromatic heterocycles. The smallest absolute Gasteiger partial charge is 0.407 e. The number of nitrogens with one attached hydrogen (secondary N) is 1. The molecule has 6 atom stereocenters. The van der Waals surface area contributed by atoms with Crippen LogP contribution < -0.4 is 20.2 Å². The zero-order valence-electron chi connectivity index (χ0n) is 45.0. The Hall–Kier alpha value is -5.68. The quantitative estimate of drug-likeness (QED) is 0.0728. The number of aryl methyl sites for hydroxylation is 2. The molecule has 412 valence electrons. The third-order valence-corrected chi connectivity index (χ3v) is 16.1. The average Bonchev–Trinajstić information content (AvgIpc) is 4.08. The second-order valence-corrected chi connectivity index (χ2v) is 21.8. The molecule has 76 heavy (non-hydrogen) atoms. The number of carbonyl (C=O) groups is 5. The second-order valence-electron chi connectivity index (χ2n) is 21.8. The van der Waals surface area contributed by atoms with E-state index in [0.29, 0.717) is 19.5 Å². The van der Waals surface area contributed by atoms with Gasteiger partial charge < -0.3 is 34.4 Å². The number of para-hydroxylation sites is 2. The van der Waals surface area contributed by atoms with Crippen LogP contribution in [0.3, 0.4) is 0 Å². The number of ether oxygens (including phenoxy) is 3. The van der Waals surface area contributed by atoms with Gasteiger partial charge in [0.2, 0.25) is 13.5 Å².